The van der Waals surface area contributed by atoms with E-state index in [0.717, 1.165) is 12.5 Å². The highest BCUT2D eigenvalue weighted by atomic mass is 14.8. The quantitative estimate of drug-likeness (QED) is 0.822. The van der Waals surface area contributed by atoms with Crippen molar-refractivity contribution in [2.24, 2.45) is 5.92 Å². The number of hydrogen-bond donors (Lipinski definition) is 1. The van der Waals surface area contributed by atoms with E-state index in [1.54, 1.807) is 0 Å². The molecule has 1 N–H and O–H groups in total. The van der Waals surface area contributed by atoms with Crippen LogP contribution in [0.15, 0.2) is 42.5 Å². The second-order valence-electron chi connectivity index (χ2n) is 4.67. The summed E-state index contributed by atoms with van der Waals surface area (Å²) >= 11 is 0. The third-order valence-corrected chi connectivity index (χ3v) is 3.46. The Hall–Kier alpha value is -1.34. The Morgan fingerprint density at radius 3 is 2.59 bits per heavy atom. The molecule has 0 aliphatic rings. The number of fused-ring (bicyclic) bond motifs is 1. The van der Waals surface area contributed by atoms with Crippen LogP contribution in [0.4, 0.5) is 0 Å². The summed E-state index contributed by atoms with van der Waals surface area (Å²) in [5.74, 6) is 0.728. The van der Waals surface area contributed by atoms with Crippen molar-refractivity contribution in [3.05, 3.63) is 48.0 Å². The molecule has 0 saturated carbocycles. The van der Waals surface area contributed by atoms with Crippen LogP contribution in [0.3, 0.4) is 0 Å². The van der Waals surface area contributed by atoms with Crippen LogP contribution in [0, 0.1) is 5.92 Å². The van der Waals surface area contributed by atoms with Gasteiger partial charge in [-0.2, -0.15) is 0 Å². The van der Waals surface area contributed by atoms with Gasteiger partial charge in [0.15, 0.2) is 0 Å². The first-order valence-electron chi connectivity index (χ1n) is 6.46. The zero-order valence-electron chi connectivity index (χ0n) is 10.7. The minimum Gasteiger partial charge on any atom is -0.319 e. The van der Waals surface area contributed by atoms with Crippen molar-refractivity contribution in [1.82, 2.24) is 5.32 Å². The van der Waals surface area contributed by atoms with E-state index in [0.29, 0.717) is 0 Å². The summed E-state index contributed by atoms with van der Waals surface area (Å²) in [6.45, 7) is 3.37. The Morgan fingerprint density at radius 2 is 1.82 bits per heavy atom. The van der Waals surface area contributed by atoms with Crippen LogP contribution in [-0.4, -0.2) is 13.6 Å². The molecule has 0 spiro atoms. The van der Waals surface area contributed by atoms with Crippen molar-refractivity contribution >= 4 is 10.8 Å². The summed E-state index contributed by atoms with van der Waals surface area (Å²) in [4.78, 5) is 0. The normalized spacial score (nSPS) is 12.8. The third-order valence-electron chi connectivity index (χ3n) is 3.46. The van der Waals surface area contributed by atoms with Crippen molar-refractivity contribution < 1.29 is 0 Å². The van der Waals surface area contributed by atoms with E-state index >= 15 is 0 Å². The molecule has 17 heavy (non-hydrogen) atoms. The highest BCUT2D eigenvalue weighted by molar-refractivity contribution is 5.85. The van der Waals surface area contributed by atoms with Crippen LogP contribution in [0.2, 0.25) is 0 Å². The number of rotatable bonds is 5. The molecule has 1 unspecified atom stereocenters. The summed E-state index contributed by atoms with van der Waals surface area (Å²) in [6, 6.07) is 15.3. The van der Waals surface area contributed by atoms with E-state index < -0.39 is 0 Å². The molecule has 90 valence electrons. The summed E-state index contributed by atoms with van der Waals surface area (Å²) in [7, 11) is 2.03. The van der Waals surface area contributed by atoms with Crippen LogP contribution >= 0.6 is 0 Å². The fourth-order valence-corrected chi connectivity index (χ4v) is 2.43. The summed E-state index contributed by atoms with van der Waals surface area (Å²) in [6.07, 6.45) is 2.39. The molecule has 0 heterocycles. The number of benzene rings is 2. The average Bonchev–Trinajstić information content (AvgIpc) is 2.38. The maximum atomic E-state index is 3.29. The third kappa shape index (κ3) is 2.86. The van der Waals surface area contributed by atoms with Crippen molar-refractivity contribution in [2.75, 3.05) is 13.6 Å². The first kappa shape index (κ1) is 12.1. The van der Waals surface area contributed by atoms with E-state index in [1.807, 2.05) is 7.05 Å². The molecular weight excluding hydrogens is 206 g/mol. The topological polar surface area (TPSA) is 12.0 Å². The zero-order chi connectivity index (χ0) is 12.1. The molecule has 2 aromatic carbocycles. The van der Waals surface area contributed by atoms with Crippen LogP contribution < -0.4 is 5.32 Å². The molecule has 1 atom stereocenters. The highest BCUT2D eigenvalue weighted by Gasteiger charge is 2.08. The van der Waals surface area contributed by atoms with E-state index in [9.17, 15) is 0 Å². The van der Waals surface area contributed by atoms with Crippen molar-refractivity contribution in [2.45, 2.75) is 19.8 Å². The molecule has 0 fully saturated rings. The van der Waals surface area contributed by atoms with Gasteiger partial charge in [-0.15, -0.1) is 0 Å². The minimum absolute atomic E-state index is 0.728. The molecule has 2 aromatic rings. The Morgan fingerprint density at radius 1 is 1.06 bits per heavy atom. The lowest BCUT2D eigenvalue weighted by molar-refractivity contribution is 0.482. The lowest BCUT2D eigenvalue weighted by atomic mass is 9.93. The first-order valence-corrected chi connectivity index (χ1v) is 6.46. The van der Waals surface area contributed by atoms with Crippen LogP contribution in [-0.2, 0) is 6.42 Å². The van der Waals surface area contributed by atoms with Crippen LogP contribution in [0.5, 0.6) is 0 Å². The average molecular weight is 227 g/mol. The summed E-state index contributed by atoms with van der Waals surface area (Å²) in [5, 5.41) is 6.05. The van der Waals surface area contributed by atoms with Crippen molar-refractivity contribution in [3.63, 3.8) is 0 Å². The molecule has 2 rings (SSSR count). The van der Waals surface area contributed by atoms with Crippen molar-refractivity contribution in [3.8, 4) is 0 Å². The van der Waals surface area contributed by atoms with Gasteiger partial charge in [-0.05, 0) is 42.3 Å². The second kappa shape index (κ2) is 5.83. The zero-order valence-corrected chi connectivity index (χ0v) is 10.7. The van der Waals surface area contributed by atoms with E-state index in [4.69, 9.17) is 0 Å². The highest BCUT2D eigenvalue weighted by Crippen LogP contribution is 2.22. The fraction of sp³-hybridized carbons (Fsp3) is 0.375. The van der Waals surface area contributed by atoms with Gasteiger partial charge in [0, 0.05) is 0 Å². The van der Waals surface area contributed by atoms with E-state index in [1.165, 1.54) is 29.2 Å². The van der Waals surface area contributed by atoms with Gasteiger partial charge >= 0.3 is 0 Å². The largest absolute Gasteiger partial charge is 0.319 e. The minimum atomic E-state index is 0.728. The summed E-state index contributed by atoms with van der Waals surface area (Å²) in [5.41, 5.74) is 1.48. The van der Waals surface area contributed by atoms with Gasteiger partial charge in [0.1, 0.15) is 0 Å². The van der Waals surface area contributed by atoms with Gasteiger partial charge in [-0.3, -0.25) is 0 Å². The molecular formula is C16H21N. The van der Waals surface area contributed by atoms with Crippen LogP contribution in [0.1, 0.15) is 18.9 Å². The summed E-state index contributed by atoms with van der Waals surface area (Å²) < 4.78 is 0. The molecule has 0 aliphatic heterocycles. The van der Waals surface area contributed by atoms with Crippen molar-refractivity contribution in [1.29, 1.82) is 0 Å². The van der Waals surface area contributed by atoms with Crippen LogP contribution in [0.25, 0.3) is 10.8 Å². The van der Waals surface area contributed by atoms with Gasteiger partial charge in [-0.25, -0.2) is 0 Å². The SMILES string of the molecule is CCC(CNC)Cc1cccc2ccccc12. The van der Waals surface area contributed by atoms with Gasteiger partial charge < -0.3 is 5.32 Å². The maximum absolute atomic E-state index is 3.29. The molecule has 0 saturated heterocycles. The standard InChI is InChI=1S/C16H21N/c1-3-13(12-17-2)11-15-9-6-8-14-7-4-5-10-16(14)15/h4-10,13,17H,3,11-12H2,1-2H3. The Kier molecular flexibility index (Phi) is 4.16. The number of hydrogen-bond acceptors (Lipinski definition) is 1. The first-order chi connectivity index (χ1) is 8.35. The monoisotopic (exact) mass is 227 g/mol. The Labute approximate surface area is 104 Å². The fourth-order valence-electron chi connectivity index (χ4n) is 2.43. The molecule has 1 nitrogen and oxygen atoms in total. The molecule has 0 aliphatic carbocycles. The molecule has 0 aromatic heterocycles. The van der Waals surface area contributed by atoms with Gasteiger partial charge in [0.05, 0.1) is 0 Å². The molecule has 0 bridgehead atoms. The smallest absolute Gasteiger partial charge is 0.00204 e. The second-order valence-corrected chi connectivity index (χ2v) is 4.67. The van der Waals surface area contributed by atoms with E-state index in [-0.39, 0.29) is 0 Å². The molecule has 0 amide bonds. The molecule has 0 radical (unpaired) electrons. The van der Waals surface area contributed by atoms with E-state index in [2.05, 4.69) is 54.7 Å². The van der Waals surface area contributed by atoms with Gasteiger partial charge in [0.25, 0.3) is 0 Å². The predicted molar refractivity (Wildman–Crippen MR) is 75.4 cm³/mol. The Bertz CT molecular complexity index is 470. The number of nitrogens with one attached hydrogen (secondary N) is 1. The van der Waals surface area contributed by atoms with Gasteiger partial charge in [0.2, 0.25) is 0 Å². The lowest BCUT2D eigenvalue weighted by Gasteiger charge is -2.15. The predicted octanol–water partition coefficient (Wildman–Crippen LogP) is 3.63. The maximum Gasteiger partial charge on any atom is -0.00204 e. The molecule has 1 heteroatoms. The Balaban J connectivity index is 2.28. The van der Waals surface area contributed by atoms with Gasteiger partial charge in [-0.1, -0.05) is 55.8 Å². The lowest BCUT2D eigenvalue weighted by Crippen LogP contribution is -2.20.